The van der Waals surface area contributed by atoms with Crippen LogP contribution in [-0.4, -0.2) is 34.0 Å². The van der Waals surface area contributed by atoms with Gasteiger partial charge in [-0.05, 0) is 12.1 Å². The summed E-state index contributed by atoms with van der Waals surface area (Å²) < 4.78 is 0. The smallest absolute Gasteiger partial charge is 0.414 e. The maximum Gasteiger partial charge on any atom is 0.414 e. The number of carbonyl (C=O) groups is 2. The molecule has 0 saturated carbocycles. The first-order valence-electron chi connectivity index (χ1n) is 3.65. The third-order valence-corrected chi connectivity index (χ3v) is 1.86. The number of carbonyl (C=O) groups excluding carboxylic acids is 1. The van der Waals surface area contributed by atoms with E-state index in [1.165, 1.54) is 12.3 Å². The number of halogens is 1. The lowest BCUT2D eigenvalue weighted by Gasteiger charge is -2.10. The SMILES string of the molecule is CN(C(=O)O)C(=O)c1ncccc1Cl. The van der Waals surface area contributed by atoms with Crippen molar-refractivity contribution in [1.82, 2.24) is 9.88 Å². The third-order valence-electron chi connectivity index (χ3n) is 1.55. The third kappa shape index (κ3) is 2.00. The molecule has 74 valence electrons. The molecule has 5 nitrogen and oxygen atoms in total. The second-order valence-corrected chi connectivity index (χ2v) is 2.89. The van der Waals surface area contributed by atoms with Gasteiger partial charge in [-0.1, -0.05) is 11.6 Å². The number of hydrogen-bond acceptors (Lipinski definition) is 3. The predicted molar refractivity (Wildman–Crippen MR) is 49.4 cm³/mol. The van der Waals surface area contributed by atoms with Gasteiger partial charge < -0.3 is 5.11 Å². The van der Waals surface area contributed by atoms with Gasteiger partial charge >= 0.3 is 6.09 Å². The molecule has 1 rings (SSSR count). The summed E-state index contributed by atoms with van der Waals surface area (Å²) in [6.45, 7) is 0. The van der Waals surface area contributed by atoms with Crippen LogP contribution in [0.4, 0.5) is 4.79 Å². The second-order valence-electron chi connectivity index (χ2n) is 2.48. The van der Waals surface area contributed by atoms with Gasteiger partial charge in [0.25, 0.3) is 5.91 Å². The summed E-state index contributed by atoms with van der Waals surface area (Å²) in [4.78, 5) is 26.1. The number of hydrogen-bond donors (Lipinski definition) is 1. The Labute approximate surface area is 84.9 Å². The summed E-state index contributed by atoms with van der Waals surface area (Å²) in [6, 6.07) is 3.03. The van der Waals surface area contributed by atoms with Gasteiger partial charge in [-0.15, -0.1) is 0 Å². The van der Waals surface area contributed by atoms with E-state index in [2.05, 4.69) is 4.98 Å². The van der Waals surface area contributed by atoms with Crippen LogP contribution in [0.5, 0.6) is 0 Å². The number of amides is 2. The van der Waals surface area contributed by atoms with Crippen molar-refractivity contribution in [2.75, 3.05) is 7.05 Å². The Kier molecular flexibility index (Phi) is 3.03. The minimum Gasteiger partial charge on any atom is -0.465 e. The highest BCUT2D eigenvalue weighted by molar-refractivity contribution is 6.33. The van der Waals surface area contributed by atoms with Gasteiger partial charge in [0.05, 0.1) is 5.02 Å². The largest absolute Gasteiger partial charge is 0.465 e. The van der Waals surface area contributed by atoms with E-state index in [0.29, 0.717) is 4.90 Å². The average Bonchev–Trinajstić information content (AvgIpc) is 2.16. The van der Waals surface area contributed by atoms with Crippen LogP contribution in [0.1, 0.15) is 10.5 Å². The highest BCUT2D eigenvalue weighted by atomic mass is 35.5. The van der Waals surface area contributed by atoms with Gasteiger partial charge in [-0.3, -0.25) is 4.79 Å². The Morgan fingerprint density at radius 1 is 1.57 bits per heavy atom. The van der Waals surface area contributed by atoms with Gasteiger partial charge in [0.2, 0.25) is 0 Å². The van der Waals surface area contributed by atoms with Crippen LogP contribution in [-0.2, 0) is 0 Å². The fourth-order valence-corrected chi connectivity index (χ4v) is 0.991. The van der Waals surface area contributed by atoms with Crippen molar-refractivity contribution in [3.05, 3.63) is 29.0 Å². The lowest BCUT2D eigenvalue weighted by Crippen LogP contribution is -2.32. The summed E-state index contributed by atoms with van der Waals surface area (Å²) >= 11 is 5.66. The van der Waals surface area contributed by atoms with Crippen LogP contribution >= 0.6 is 11.6 Å². The normalized spacial score (nSPS) is 9.57. The number of rotatable bonds is 1. The Bertz CT molecular complexity index is 381. The molecule has 0 saturated heterocycles. The van der Waals surface area contributed by atoms with Crippen LogP contribution in [0.25, 0.3) is 0 Å². The molecule has 0 radical (unpaired) electrons. The number of pyridine rings is 1. The van der Waals surface area contributed by atoms with Crippen molar-refractivity contribution in [2.24, 2.45) is 0 Å². The molecule has 0 spiro atoms. The molecule has 0 aromatic carbocycles. The Morgan fingerprint density at radius 2 is 2.21 bits per heavy atom. The first kappa shape index (κ1) is 10.5. The Balaban J connectivity index is 3.01. The molecular formula is C8H7ClN2O3. The lowest BCUT2D eigenvalue weighted by molar-refractivity contribution is 0.0776. The molecule has 0 bridgehead atoms. The minimum absolute atomic E-state index is 0.0703. The zero-order chi connectivity index (χ0) is 10.7. The van der Waals surface area contributed by atoms with E-state index in [9.17, 15) is 9.59 Å². The van der Waals surface area contributed by atoms with Gasteiger partial charge in [-0.2, -0.15) is 0 Å². The van der Waals surface area contributed by atoms with Crippen LogP contribution in [0.15, 0.2) is 18.3 Å². The minimum atomic E-state index is -1.35. The van der Waals surface area contributed by atoms with E-state index < -0.39 is 12.0 Å². The van der Waals surface area contributed by atoms with Crippen LogP contribution < -0.4 is 0 Å². The van der Waals surface area contributed by atoms with Crippen LogP contribution in [0, 0.1) is 0 Å². The number of imide groups is 1. The molecular weight excluding hydrogens is 208 g/mol. The maximum atomic E-state index is 11.4. The average molecular weight is 215 g/mol. The molecule has 0 aliphatic carbocycles. The van der Waals surface area contributed by atoms with E-state index in [1.807, 2.05) is 0 Å². The molecule has 1 aromatic rings. The molecule has 0 atom stereocenters. The van der Waals surface area contributed by atoms with Crippen LogP contribution in [0.3, 0.4) is 0 Å². The van der Waals surface area contributed by atoms with Crippen molar-refractivity contribution in [3.63, 3.8) is 0 Å². The topological polar surface area (TPSA) is 70.5 Å². The van der Waals surface area contributed by atoms with Crippen molar-refractivity contribution < 1.29 is 14.7 Å². The van der Waals surface area contributed by atoms with E-state index in [4.69, 9.17) is 16.7 Å². The Morgan fingerprint density at radius 3 is 2.71 bits per heavy atom. The zero-order valence-corrected chi connectivity index (χ0v) is 8.02. The molecule has 0 unspecified atom stereocenters. The predicted octanol–water partition coefficient (Wildman–Crippen LogP) is 1.49. The zero-order valence-electron chi connectivity index (χ0n) is 7.27. The maximum absolute atomic E-state index is 11.4. The van der Waals surface area contributed by atoms with E-state index in [1.54, 1.807) is 6.07 Å². The second kappa shape index (κ2) is 4.06. The molecule has 2 amide bonds. The quantitative estimate of drug-likeness (QED) is 0.769. The first-order valence-corrected chi connectivity index (χ1v) is 4.03. The molecule has 1 aromatic heterocycles. The van der Waals surface area contributed by atoms with Crippen molar-refractivity contribution in [2.45, 2.75) is 0 Å². The molecule has 1 N–H and O–H groups in total. The molecule has 0 aliphatic rings. The van der Waals surface area contributed by atoms with Gasteiger partial charge in [0.15, 0.2) is 0 Å². The van der Waals surface area contributed by atoms with E-state index in [-0.39, 0.29) is 10.7 Å². The van der Waals surface area contributed by atoms with Gasteiger partial charge in [0, 0.05) is 13.2 Å². The fourth-order valence-electron chi connectivity index (χ4n) is 0.789. The molecule has 14 heavy (non-hydrogen) atoms. The highest BCUT2D eigenvalue weighted by Crippen LogP contribution is 2.13. The lowest BCUT2D eigenvalue weighted by atomic mass is 10.3. The molecule has 1 heterocycles. The standard InChI is InChI=1S/C8H7ClN2O3/c1-11(8(13)14)7(12)6-5(9)3-2-4-10-6/h2-4H,1H3,(H,13,14). The summed E-state index contributed by atoms with van der Waals surface area (Å²) in [6.07, 6.45) is 0.0196. The summed E-state index contributed by atoms with van der Waals surface area (Å²) in [7, 11) is 1.13. The van der Waals surface area contributed by atoms with Crippen molar-refractivity contribution >= 4 is 23.6 Å². The first-order chi connectivity index (χ1) is 6.54. The molecule has 6 heteroatoms. The summed E-state index contributed by atoms with van der Waals surface area (Å²) in [5.41, 5.74) is -0.0703. The van der Waals surface area contributed by atoms with E-state index in [0.717, 1.165) is 7.05 Å². The molecule has 0 fully saturated rings. The van der Waals surface area contributed by atoms with Crippen molar-refractivity contribution in [3.8, 4) is 0 Å². The van der Waals surface area contributed by atoms with Gasteiger partial charge in [0.1, 0.15) is 5.69 Å². The van der Waals surface area contributed by atoms with E-state index >= 15 is 0 Å². The fraction of sp³-hybridized carbons (Fsp3) is 0.125. The van der Waals surface area contributed by atoms with Gasteiger partial charge in [-0.25, -0.2) is 14.7 Å². The monoisotopic (exact) mass is 214 g/mol. The summed E-state index contributed by atoms with van der Waals surface area (Å²) in [5.74, 6) is -0.747. The Hall–Kier alpha value is -1.62. The summed E-state index contributed by atoms with van der Waals surface area (Å²) in [5, 5.41) is 8.67. The number of nitrogens with zero attached hydrogens (tertiary/aromatic N) is 2. The highest BCUT2D eigenvalue weighted by Gasteiger charge is 2.20. The van der Waals surface area contributed by atoms with Crippen LogP contribution in [0.2, 0.25) is 5.02 Å². The number of aromatic nitrogens is 1. The van der Waals surface area contributed by atoms with Crippen molar-refractivity contribution in [1.29, 1.82) is 0 Å². The number of carboxylic acid groups (broad SMARTS) is 1. The molecule has 0 aliphatic heterocycles.